The lowest BCUT2D eigenvalue weighted by molar-refractivity contribution is -0.148. The summed E-state index contributed by atoms with van der Waals surface area (Å²) < 4.78 is 6.07. The molecule has 1 unspecified atom stereocenters. The average Bonchev–Trinajstić information content (AvgIpc) is 3.44. The van der Waals surface area contributed by atoms with Crippen molar-refractivity contribution in [2.45, 2.75) is 137 Å². The Morgan fingerprint density at radius 1 is 0.868 bits per heavy atom. The molecule has 1 amide bonds. The van der Waals surface area contributed by atoms with Crippen LogP contribution in [0, 0.1) is 46.3 Å². The van der Waals surface area contributed by atoms with Crippen molar-refractivity contribution in [1.82, 2.24) is 10.2 Å². The van der Waals surface area contributed by atoms with Crippen LogP contribution >= 0.6 is 58.8 Å². The van der Waals surface area contributed by atoms with Gasteiger partial charge in [-0.15, -0.1) is 37.2 Å². The molecular weight excluding hydrogens is 767 g/mol. The van der Waals surface area contributed by atoms with Gasteiger partial charge in [-0.05, 0) is 143 Å². The van der Waals surface area contributed by atoms with Crippen LogP contribution in [0.1, 0.15) is 131 Å². The maximum atomic E-state index is 13.0. The first-order valence-electron chi connectivity index (χ1n) is 20.6. The molecule has 4 rings (SSSR count). The van der Waals surface area contributed by atoms with E-state index in [4.69, 9.17) is 16.2 Å². The molecule has 3 saturated carbocycles. The Balaban J connectivity index is 0.00000468. The average molecular weight is 845 g/mol. The molecule has 0 spiro atoms. The first kappa shape index (κ1) is 51.1. The molecule has 4 aliphatic rings. The number of hydrogen-bond acceptors (Lipinski definition) is 8. The Bertz CT molecular complexity index is 1110. The van der Waals surface area contributed by atoms with E-state index < -0.39 is 0 Å². The van der Waals surface area contributed by atoms with Gasteiger partial charge in [-0.1, -0.05) is 87.1 Å². The van der Waals surface area contributed by atoms with Crippen LogP contribution in [0.5, 0.6) is 0 Å². The number of halogens is 3. The van der Waals surface area contributed by atoms with Crippen LogP contribution < -0.4 is 16.8 Å². The summed E-state index contributed by atoms with van der Waals surface area (Å²) in [6.45, 7) is 17.1. The van der Waals surface area contributed by atoms with Crippen LogP contribution in [0.2, 0.25) is 0 Å². The predicted octanol–water partition coefficient (Wildman–Crippen LogP) is 9.48. The number of ether oxygens (including phenoxy) is 1. The molecule has 7 nitrogen and oxygen atoms in total. The summed E-state index contributed by atoms with van der Waals surface area (Å²) in [5, 5.41) is 3.40. The molecule has 3 fully saturated rings. The molecule has 0 saturated heterocycles. The minimum atomic E-state index is -0.145. The second-order valence-corrected chi connectivity index (χ2v) is 19.8. The number of fused-ring (bicyclic) bond motifs is 5. The van der Waals surface area contributed by atoms with Gasteiger partial charge in [0.2, 0.25) is 5.91 Å². The van der Waals surface area contributed by atoms with Crippen molar-refractivity contribution in [3.8, 4) is 0 Å². The number of carbonyl (C=O) groups excluding carboxylic acids is 2. The molecule has 312 valence electrons. The van der Waals surface area contributed by atoms with Gasteiger partial charge < -0.3 is 26.4 Å². The molecule has 8 atom stereocenters. The van der Waals surface area contributed by atoms with E-state index in [1.165, 1.54) is 73.0 Å². The van der Waals surface area contributed by atoms with Crippen molar-refractivity contribution in [2.24, 2.45) is 57.8 Å². The van der Waals surface area contributed by atoms with Crippen molar-refractivity contribution >= 4 is 70.7 Å². The van der Waals surface area contributed by atoms with Gasteiger partial charge in [-0.3, -0.25) is 9.59 Å². The Labute approximate surface area is 350 Å². The SMILES string of the molecule is CC(C)CCCC(C)[C@H]1CC[C@H]2[C@@H]3CC=C4C[C@@H](OC(=O)CSSCC(=O)N(CCCN)CCCCNCCCN)CC[C@]4(C)[C@H]3CC[C@]12C.Cl.Cl.Cl. The van der Waals surface area contributed by atoms with Crippen LogP contribution in [0.25, 0.3) is 0 Å². The van der Waals surface area contributed by atoms with Gasteiger partial charge in [0.1, 0.15) is 11.9 Å². The molecule has 53 heavy (non-hydrogen) atoms. The highest BCUT2D eigenvalue weighted by molar-refractivity contribution is 8.77. The lowest BCUT2D eigenvalue weighted by Crippen LogP contribution is -2.51. The van der Waals surface area contributed by atoms with Gasteiger partial charge in [-0.2, -0.15) is 0 Å². The molecule has 0 radical (unpaired) electrons. The van der Waals surface area contributed by atoms with Crippen molar-refractivity contribution < 1.29 is 14.3 Å². The van der Waals surface area contributed by atoms with E-state index in [9.17, 15) is 9.59 Å². The number of unbranched alkanes of at least 4 members (excludes halogenated alkanes) is 1. The van der Waals surface area contributed by atoms with E-state index in [1.54, 1.807) is 5.57 Å². The van der Waals surface area contributed by atoms with Crippen molar-refractivity contribution in [3.63, 3.8) is 0 Å². The summed E-state index contributed by atoms with van der Waals surface area (Å²) in [5.74, 6) is 5.65. The largest absolute Gasteiger partial charge is 0.461 e. The van der Waals surface area contributed by atoms with Gasteiger partial charge in [0.25, 0.3) is 0 Å². The Morgan fingerprint density at radius 2 is 1.57 bits per heavy atom. The number of nitrogens with one attached hydrogen (secondary N) is 1. The monoisotopic (exact) mass is 842 g/mol. The highest BCUT2D eigenvalue weighted by atomic mass is 35.5. The smallest absolute Gasteiger partial charge is 0.317 e. The summed E-state index contributed by atoms with van der Waals surface area (Å²) in [6.07, 6.45) is 20.4. The zero-order valence-electron chi connectivity index (χ0n) is 33.8. The zero-order valence-corrected chi connectivity index (χ0v) is 37.8. The normalized spacial score (nSPS) is 29.3. The fourth-order valence-electron chi connectivity index (χ4n) is 10.8. The van der Waals surface area contributed by atoms with Crippen molar-refractivity contribution in [2.75, 3.05) is 50.8 Å². The molecule has 12 heteroatoms. The van der Waals surface area contributed by atoms with Crippen LogP contribution in [0.15, 0.2) is 11.6 Å². The highest BCUT2D eigenvalue weighted by Gasteiger charge is 2.59. The van der Waals surface area contributed by atoms with Crippen LogP contribution in [0.4, 0.5) is 0 Å². The van der Waals surface area contributed by atoms with Crippen molar-refractivity contribution in [1.29, 1.82) is 0 Å². The summed E-state index contributed by atoms with van der Waals surface area (Å²) in [6, 6.07) is 0. The zero-order chi connectivity index (χ0) is 36.1. The first-order valence-corrected chi connectivity index (χ1v) is 23.0. The summed E-state index contributed by atoms with van der Waals surface area (Å²) >= 11 is 0. The number of hydrogen-bond donors (Lipinski definition) is 3. The van der Waals surface area contributed by atoms with Gasteiger partial charge >= 0.3 is 5.97 Å². The summed E-state index contributed by atoms with van der Waals surface area (Å²) in [7, 11) is 2.91. The number of allylic oxidation sites excluding steroid dienone is 1. The number of rotatable bonds is 22. The lowest BCUT2D eigenvalue weighted by Gasteiger charge is -2.58. The third-order valence-corrected chi connectivity index (χ3v) is 15.7. The van der Waals surface area contributed by atoms with E-state index >= 15 is 0 Å². The molecule has 5 N–H and O–H groups in total. The number of esters is 1. The molecule has 0 aliphatic heterocycles. The van der Waals surface area contributed by atoms with E-state index in [1.807, 2.05) is 4.90 Å². The standard InChI is InChI=1S/C41H74N4O3S2.3ClH/c1-30(2)11-8-12-31(3)35-15-16-36-34-14-13-32-27-33(17-19-40(32,4)37(34)18-20-41(35,36)5)48-39(47)29-50-49-28-38(46)45(26-10-22-43)25-7-6-23-44-24-9-21-42;;;/h13,30-31,33-37,44H,6-12,14-29,42-43H2,1-5H3;3*1H/t31?,33-,34-,35+,36-,37-,40-,41+;;;/m0.../s1. The third-order valence-electron chi connectivity index (χ3n) is 13.6. The van der Waals surface area contributed by atoms with E-state index in [0.29, 0.717) is 30.8 Å². The van der Waals surface area contributed by atoms with E-state index in [-0.39, 0.29) is 66.4 Å². The van der Waals surface area contributed by atoms with Gasteiger partial charge in [0, 0.05) is 19.5 Å². The molecule has 0 bridgehead atoms. The van der Waals surface area contributed by atoms with Gasteiger partial charge in [0.15, 0.2) is 0 Å². The van der Waals surface area contributed by atoms with Crippen molar-refractivity contribution in [3.05, 3.63) is 11.6 Å². The van der Waals surface area contributed by atoms with Crippen LogP contribution in [-0.2, 0) is 14.3 Å². The summed E-state index contributed by atoms with van der Waals surface area (Å²) in [5.41, 5.74) is 13.6. The Hall–Kier alpha value is 0.130. The lowest BCUT2D eigenvalue weighted by atomic mass is 9.47. The molecule has 0 aromatic heterocycles. The second-order valence-electron chi connectivity index (χ2n) is 17.3. The van der Waals surface area contributed by atoms with E-state index in [2.05, 4.69) is 46.0 Å². The quantitative estimate of drug-likeness (QED) is 0.0428. The Morgan fingerprint density at radius 3 is 2.28 bits per heavy atom. The maximum absolute atomic E-state index is 13.0. The van der Waals surface area contributed by atoms with Crippen LogP contribution in [-0.4, -0.2) is 73.7 Å². The number of nitrogens with zero attached hydrogens (tertiary/aromatic N) is 1. The van der Waals surface area contributed by atoms with Gasteiger partial charge in [-0.25, -0.2) is 0 Å². The Kier molecular flexibility index (Phi) is 24.6. The molecule has 0 heterocycles. The number of amides is 1. The number of nitrogens with two attached hydrogens (primary N) is 2. The van der Waals surface area contributed by atoms with Crippen LogP contribution in [0.3, 0.4) is 0 Å². The number of carbonyl (C=O) groups is 2. The topological polar surface area (TPSA) is 111 Å². The van der Waals surface area contributed by atoms with E-state index in [0.717, 1.165) is 100 Å². The minimum Gasteiger partial charge on any atom is -0.461 e. The summed E-state index contributed by atoms with van der Waals surface area (Å²) in [4.78, 5) is 27.8. The van der Waals surface area contributed by atoms with Gasteiger partial charge in [0.05, 0.1) is 5.75 Å². The maximum Gasteiger partial charge on any atom is 0.317 e. The fourth-order valence-corrected chi connectivity index (χ4v) is 12.5. The molecular formula is C41H77Cl3N4O3S2. The second kappa shape index (κ2) is 25.5. The highest BCUT2D eigenvalue weighted by Crippen LogP contribution is 2.67. The molecule has 0 aromatic carbocycles. The minimum absolute atomic E-state index is 0. The first-order chi connectivity index (χ1) is 24.0. The molecule has 0 aromatic rings. The third kappa shape index (κ3) is 14.2. The fraction of sp³-hybridized carbons (Fsp3) is 0.902. The predicted molar refractivity (Wildman–Crippen MR) is 236 cm³/mol. The molecule has 4 aliphatic carbocycles.